The minimum atomic E-state index is 0.686. The number of hydrogen-bond acceptors (Lipinski definition) is 3. The lowest BCUT2D eigenvalue weighted by molar-refractivity contribution is 0.422. The Morgan fingerprint density at radius 2 is 2.15 bits per heavy atom. The summed E-state index contributed by atoms with van der Waals surface area (Å²) in [6, 6.07) is 12.3. The fourth-order valence-electron chi connectivity index (χ4n) is 2.95. The zero-order chi connectivity index (χ0) is 14.1. The van der Waals surface area contributed by atoms with Gasteiger partial charge in [-0.3, -0.25) is 0 Å². The van der Waals surface area contributed by atoms with E-state index in [0.717, 1.165) is 29.8 Å². The summed E-state index contributed by atoms with van der Waals surface area (Å²) in [5.41, 5.74) is 1.66. The third kappa shape index (κ3) is 2.22. The molecule has 0 N–H and O–H groups in total. The highest BCUT2D eigenvalue weighted by Gasteiger charge is 2.27. The Kier molecular flexibility index (Phi) is 3.31. The average Bonchev–Trinajstić information content (AvgIpc) is 2.95. The summed E-state index contributed by atoms with van der Waals surface area (Å²) in [6.45, 7) is 6.56. The van der Waals surface area contributed by atoms with E-state index >= 15 is 0 Å². The van der Waals surface area contributed by atoms with Gasteiger partial charge in [0.25, 0.3) is 0 Å². The summed E-state index contributed by atoms with van der Waals surface area (Å²) in [7, 11) is 0. The van der Waals surface area contributed by atoms with Crippen LogP contribution in [0, 0.1) is 23.2 Å². The number of rotatable bonds is 2. The molecule has 2 heterocycles. The standard InChI is InChI=1S/C17H19N3/c1-12(2)14-7-8-20(11-14)17-15(10-18)9-13-5-3-4-6-16(13)19-17/h3-6,9,12,14H,7-8,11H2,1-2H3. The summed E-state index contributed by atoms with van der Waals surface area (Å²) in [6.07, 6.45) is 1.19. The molecule has 1 fully saturated rings. The summed E-state index contributed by atoms with van der Waals surface area (Å²) < 4.78 is 0. The molecule has 0 spiro atoms. The summed E-state index contributed by atoms with van der Waals surface area (Å²) >= 11 is 0. The quantitative estimate of drug-likeness (QED) is 0.833. The maximum Gasteiger partial charge on any atom is 0.147 e. The van der Waals surface area contributed by atoms with Crippen molar-refractivity contribution in [1.82, 2.24) is 4.98 Å². The lowest BCUT2D eigenvalue weighted by Gasteiger charge is -2.20. The maximum atomic E-state index is 9.40. The van der Waals surface area contributed by atoms with Gasteiger partial charge in [-0.25, -0.2) is 4.98 Å². The van der Waals surface area contributed by atoms with Crippen molar-refractivity contribution in [1.29, 1.82) is 5.26 Å². The molecule has 3 heteroatoms. The van der Waals surface area contributed by atoms with Gasteiger partial charge in [0.2, 0.25) is 0 Å². The molecule has 0 radical (unpaired) electrons. The van der Waals surface area contributed by atoms with Crippen molar-refractivity contribution in [2.45, 2.75) is 20.3 Å². The third-order valence-electron chi connectivity index (χ3n) is 4.29. The van der Waals surface area contributed by atoms with Crippen molar-refractivity contribution in [2.24, 2.45) is 11.8 Å². The van der Waals surface area contributed by atoms with Gasteiger partial charge in [-0.05, 0) is 30.4 Å². The molecular formula is C17H19N3. The number of hydrogen-bond donors (Lipinski definition) is 0. The van der Waals surface area contributed by atoms with Gasteiger partial charge < -0.3 is 4.90 Å². The first kappa shape index (κ1) is 12.9. The van der Waals surface area contributed by atoms with Gasteiger partial charge in [-0.1, -0.05) is 32.0 Å². The number of aromatic nitrogens is 1. The molecule has 1 atom stereocenters. The van der Waals surface area contributed by atoms with Gasteiger partial charge in [0, 0.05) is 18.5 Å². The van der Waals surface area contributed by atoms with E-state index in [1.54, 1.807) is 0 Å². The largest absolute Gasteiger partial charge is 0.355 e. The molecule has 1 aromatic heterocycles. The van der Waals surface area contributed by atoms with Crippen molar-refractivity contribution in [3.8, 4) is 6.07 Å². The van der Waals surface area contributed by atoms with E-state index in [0.29, 0.717) is 17.4 Å². The lowest BCUT2D eigenvalue weighted by Crippen LogP contribution is -2.23. The molecule has 1 unspecified atom stereocenters. The van der Waals surface area contributed by atoms with Crippen molar-refractivity contribution < 1.29 is 0 Å². The Morgan fingerprint density at radius 3 is 2.85 bits per heavy atom. The molecule has 0 amide bonds. The van der Waals surface area contributed by atoms with E-state index in [-0.39, 0.29) is 0 Å². The van der Waals surface area contributed by atoms with E-state index in [4.69, 9.17) is 4.98 Å². The highest BCUT2D eigenvalue weighted by molar-refractivity contribution is 5.83. The van der Waals surface area contributed by atoms with Crippen LogP contribution in [-0.2, 0) is 0 Å². The fourth-order valence-corrected chi connectivity index (χ4v) is 2.95. The topological polar surface area (TPSA) is 39.9 Å². The first-order chi connectivity index (χ1) is 9.69. The van der Waals surface area contributed by atoms with Gasteiger partial charge in [-0.15, -0.1) is 0 Å². The van der Waals surface area contributed by atoms with Crippen molar-refractivity contribution in [3.05, 3.63) is 35.9 Å². The van der Waals surface area contributed by atoms with Gasteiger partial charge in [0.05, 0.1) is 11.1 Å². The molecule has 2 aromatic rings. The van der Waals surface area contributed by atoms with Crippen LogP contribution in [0.15, 0.2) is 30.3 Å². The Balaban J connectivity index is 2.01. The summed E-state index contributed by atoms with van der Waals surface area (Å²) in [5, 5.41) is 10.4. The molecule has 0 saturated carbocycles. The van der Waals surface area contributed by atoms with Crippen LogP contribution in [0.4, 0.5) is 5.82 Å². The second-order valence-electron chi connectivity index (χ2n) is 5.90. The molecule has 0 aliphatic carbocycles. The van der Waals surface area contributed by atoms with Crippen molar-refractivity contribution >= 4 is 16.7 Å². The number of nitriles is 1. The van der Waals surface area contributed by atoms with E-state index in [2.05, 4.69) is 24.8 Å². The smallest absolute Gasteiger partial charge is 0.147 e. The van der Waals surface area contributed by atoms with Crippen LogP contribution >= 0.6 is 0 Å². The van der Waals surface area contributed by atoms with Crippen LogP contribution in [0.1, 0.15) is 25.8 Å². The van der Waals surface area contributed by atoms with Gasteiger partial charge >= 0.3 is 0 Å². The molecule has 1 saturated heterocycles. The SMILES string of the molecule is CC(C)C1CCN(c2nc3ccccc3cc2C#N)C1. The first-order valence-corrected chi connectivity index (χ1v) is 7.24. The van der Waals surface area contributed by atoms with Crippen LogP contribution < -0.4 is 4.90 Å². The minimum Gasteiger partial charge on any atom is -0.355 e. The fraction of sp³-hybridized carbons (Fsp3) is 0.412. The van der Waals surface area contributed by atoms with Gasteiger partial charge in [0.15, 0.2) is 0 Å². The monoisotopic (exact) mass is 265 g/mol. The molecule has 3 rings (SSSR count). The number of benzene rings is 1. The maximum absolute atomic E-state index is 9.40. The number of fused-ring (bicyclic) bond motifs is 1. The van der Waals surface area contributed by atoms with E-state index in [1.807, 2.05) is 30.3 Å². The summed E-state index contributed by atoms with van der Waals surface area (Å²) in [5.74, 6) is 2.25. The molecule has 0 bridgehead atoms. The van der Waals surface area contributed by atoms with Crippen LogP contribution in [-0.4, -0.2) is 18.1 Å². The second-order valence-corrected chi connectivity index (χ2v) is 5.90. The number of nitrogens with zero attached hydrogens (tertiary/aromatic N) is 3. The Hall–Kier alpha value is -2.08. The summed E-state index contributed by atoms with van der Waals surface area (Å²) in [4.78, 5) is 7.00. The highest BCUT2D eigenvalue weighted by atomic mass is 15.2. The second kappa shape index (κ2) is 5.13. The predicted octanol–water partition coefficient (Wildman–Crippen LogP) is 3.59. The Morgan fingerprint density at radius 1 is 1.35 bits per heavy atom. The third-order valence-corrected chi connectivity index (χ3v) is 4.29. The molecular weight excluding hydrogens is 246 g/mol. The van der Waals surface area contributed by atoms with Gasteiger partial charge in [-0.2, -0.15) is 5.26 Å². The predicted molar refractivity (Wildman–Crippen MR) is 81.6 cm³/mol. The molecule has 102 valence electrons. The van der Waals surface area contributed by atoms with Crippen LogP contribution in [0.5, 0.6) is 0 Å². The molecule has 20 heavy (non-hydrogen) atoms. The molecule has 1 aliphatic heterocycles. The first-order valence-electron chi connectivity index (χ1n) is 7.24. The minimum absolute atomic E-state index is 0.686. The normalized spacial score (nSPS) is 18.7. The molecule has 1 aliphatic rings. The van der Waals surface area contributed by atoms with E-state index in [1.165, 1.54) is 6.42 Å². The molecule has 3 nitrogen and oxygen atoms in total. The zero-order valence-electron chi connectivity index (χ0n) is 12.0. The van der Waals surface area contributed by atoms with Crippen molar-refractivity contribution in [2.75, 3.05) is 18.0 Å². The lowest BCUT2D eigenvalue weighted by atomic mass is 9.95. The van der Waals surface area contributed by atoms with Crippen LogP contribution in [0.25, 0.3) is 10.9 Å². The number of para-hydroxylation sites is 1. The van der Waals surface area contributed by atoms with E-state index < -0.39 is 0 Å². The average molecular weight is 265 g/mol. The van der Waals surface area contributed by atoms with Crippen LogP contribution in [0.2, 0.25) is 0 Å². The number of anilines is 1. The Bertz CT molecular complexity index is 669. The van der Waals surface area contributed by atoms with E-state index in [9.17, 15) is 5.26 Å². The van der Waals surface area contributed by atoms with Gasteiger partial charge in [0.1, 0.15) is 11.9 Å². The number of pyridine rings is 1. The van der Waals surface area contributed by atoms with Crippen LogP contribution in [0.3, 0.4) is 0 Å². The van der Waals surface area contributed by atoms with Crippen molar-refractivity contribution in [3.63, 3.8) is 0 Å². The highest BCUT2D eigenvalue weighted by Crippen LogP contribution is 2.30. The molecule has 1 aromatic carbocycles. The zero-order valence-corrected chi connectivity index (χ0v) is 12.0. The Labute approximate surface area is 119 Å².